The second-order valence-electron chi connectivity index (χ2n) is 6.33. The summed E-state index contributed by atoms with van der Waals surface area (Å²) in [5.74, 6) is 0. The first-order valence-corrected chi connectivity index (χ1v) is 8.33. The molecular formula is C17H34. The summed E-state index contributed by atoms with van der Waals surface area (Å²) in [5.41, 5.74) is 0.746. The second-order valence-corrected chi connectivity index (χ2v) is 6.33. The maximum absolute atomic E-state index is 2.35. The molecule has 0 aliphatic heterocycles. The molecule has 0 aromatic heterocycles. The molecule has 0 nitrogen and oxygen atoms in total. The summed E-state index contributed by atoms with van der Waals surface area (Å²) in [4.78, 5) is 0. The highest BCUT2D eigenvalue weighted by molar-refractivity contribution is 4.80. The molecule has 0 aromatic carbocycles. The second kappa shape index (κ2) is 9.00. The Kier molecular flexibility index (Phi) is 7.97. The van der Waals surface area contributed by atoms with Crippen LogP contribution in [-0.4, -0.2) is 0 Å². The highest BCUT2D eigenvalue weighted by atomic mass is 14.3. The van der Waals surface area contributed by atoms with E-state index in [4.69, 9.17) is 0 Å². The summed E-state index contributed by atoms with van der Waals surface area (Å²) in [5, 5.41) is 0. The lowest BCUT2D eigenvalue weighted by Crippen LogP contribution is -2.21. The molecule has 1 saturated carbocycles. The van der Waals surface area contributed by atoms with Gasteiger partial charge in [-0.3, -0.25) is 0 Å². The van der Waals surface area contributed by atoms with Gasteiger partial charge in [-0.15, -0.1) is 0 Å². The zero-order valence-electron chi connectivity index (χ0n) is 12.4. The highest BCUT2D eigenvalue weighted by Gasteiger charge is 2.28. The average Bonchev–Trinajstić information content (AvgIpc) is 2.47. The van der Waals surface area contributed by atoms with Crippen LogP contribution in [0.2, 0.25) is 0 Å². The van der Waals surface area contributed by atoms with Crippen molar-refractivity contribution in [2.75, 3.05) is 0 Å². The summed E-state index contributed by atoms with van der Waals surface area (Å²) in [7, 11) is 0. The lowest BCUT2D eigenvalue weighted by atomic mass is 9.71. The number of hydrogen-bond donors (Lipinski definition) is 0. The minimum absolute atomic E-state index is 0.746. The first-order chi connectivity index (χ1) is 8.33. The molecule has 102 valence electrons. The Bertz CT molecular complexity index is 151. The third-order valence-electron chi connectivity index (χ3n) is 4.79. The van der Waals surface area contributed by atoms with Crippen LogP contribution >= 0.6 is 0 Å². The monoisotopic (exact) mass is 238 g/mol. The van der Waals surface area contributed by atoms with Gasteiger partial charge in [0.2, 0.25) is 0 Å². The first-order valence-electron chi connectivity index (χ1n) is 8.33. The van der Waals surface area contributed by atoms with Gasteiger partial charge in [-0.2, -0.15) is 0 Å². The zero-order chi connectivity index (χ0) is 12.4. The standard InChI is InChI=1S/C17H34/c1-3-5-13-17(14-6-4-2)15-11-9-7-8-10-12-16-17/h3-16H2,1-2H3. The van der Waals surface area contributed by atoms with E-state index in [1.165, 1.54) is 89.9 Å². The van der Waals surface area contributed by atoms with Gasteiger partial charge >= 0.3 is 0 Å². The number of unbranched alkanes of at least 4 members (excludes halogenated alkanes) is 2. The number of rotatable bonds is 6. The van der Waals surface area contributed by atoms with Crippen molar-refractivity contribution >= 4 is 0 Å². The Morgan fingerprint density at radius 3 is 1.47 bits per heavy atom. The quantitative estimate of drug-likeness (QED) is 0.496. The molecule has 0 heterocycles. The fourth-order valence-corrected chi connectivity index (χ4v) is 3.56. The lowest BCUT2D eigenvalue weighted by molar-refractivity contribution is 0.179. The topological polar surface area (TPSA) is 0 Å². The molecule has 0 bridgehead atoms. The van der Waals surface area contributed by atoms with Crippen LogP contribution in [0.15, 0.2) is 0 Å². The summed E-state index contributed by atoms with van der Waals surface area (Å²) < 4.78 is 0. The molecule has 0 aromatic rings. The summed E-state index contributed by atoms with van der Waals surface area (Å²) in [6.45, 7) is 4.70. The van der Waals surface area contributed by atoms with Crippen LogP contribution in [0.5, 0.6) is 0 Å². The third-order valence-corrected chi connectivity index (χ3v) is 4.79. The summed E-state index contributed by atoms with van der Waals surface area (Å²) in [6.07, 6.45) is 20.8. The van der Waals surface area contributed by atoms with E-state index in [1.54, 1.807) is 0 Å². The van der Waals surface area contributed by atoms with Gasteiger partial charge in [-0.25, -0.2) is 0 Å². The van der Waals surface area contributed by atoms with Gasteiger partial charge in [0.05, 0.1) is 0 Å². The molecule has 0 spiro atoms. The van der Waals surface area contributed by atoms with Crippen molar-refractivity contribution in [2.45, 2.75) is 104 Å². The Morgan fingerprint density at radius 2 is 1.06 bits per heavy atom. The molecule has 1 fully saturated rings. The lowest BCUT2D eigenvalue weighted by Gasteiger charge is -2.34. The van der Waals surface area contributed by atoms with E-state index in [0.717, 1.165) is 5.41 Å². The molecular weight excluding hydrogens is 204 g/mol. The zero-order valence-corrected chi connectivity index (χ0v) is 12.4. The molecule has 0 heteroatoms. The minimum atomic E-state index is 0.746. The van der Waals surface area contributed by atoms with Crippen LogP contribution < -0.4 is 0 Å². The maximum Gasteiger partial charge on any atom is -0.0297 e. The van der Waals surface area contributed by atoms with E-state index >= 15 is 0 Å². The van der Waals surface area contributed by atoms with E-state index in [9.17, 15) is 0 Å². The van der Waals surface area contributed by atoms with Gasteiger partial charge in [-0.05, 0) is 31.1 Å². The number of hydrogen-bond acceptors (Lipinski definition) is 0. The molecule has 1 aliphatic carbocycles. The molecule has 0 amide bonds. The third kappa shape index (κ3) is 5.93. The van der Waals surface area contributed by atoms with E-state index in [2.05, 4.69) is 13.8 Å². The van der Waals surface area contributed by atoms with Gasteiger partial charge in [-0.1, -0.05) is 78.1 Å². The Hall–Kier alpha value is 0. The smallest absolute Gasteiger partial charge is 0.0297 e. The van der Waals surface area contributed by atoms with Crippen molar-refractivity contribution in [1.29, 1.82) is 0 Å². The van der Waals surface area contributed by atoms with E-state index in [-0.39, 0.29) is 0 Å². The van der Waals surface area contributed by atoms with Crippen LogP contribution in [0, 0.1) is 5.41 Å². The fraction of sp³-hybridized carbons (Fsp3) is 1.00. The molecule has 1 rings (SSSR count). The van der Waals surface area contributed by atoms with Crippen LogP contribution in [0.25, 0.3) is 0 Å². The van der Waals surface area contributed by atoms with Crippen molar-refractivity contribution in [1.82, 2.24) is 0 Å². The van der Waals surface area contributed by atoms with Gasteiger partial charge in [0, 0.05) is 0 Å². The van der Waals surface area contributed by atoms with Gasteiger partial charge in [0.1, 0.15) is 0 Å². The van der Waals surface area contributed by atoms with Crippen LogP contribution in [0.4, 0.5) is 0 Å². The molecule has 17 heavy (non-hydrogen) atoms. The predicted molar refractivity (Wildman–Crippen MR) is 78.4 cm³/mol. The molecule has 0 radical (unpaired) electrons. The SMILES string of the molecule is CCCCC1(CCCC)CCCCCCCC1. The average molecular weight is 238 g/mol. The predicted octanol–water partition coefficient (Wildman–Crippen LogP) is 6.49. The molecule has 0 unspecified atom stereocenters. The van der Waals surface area contributed by atoms with Gasteiger partial charge in [0.25, 0.3) is 0 Å². The normalized spacial score (nSPS) is 21.5. The van der Waals surface area contributed by atoms with Gasteiger partial charge < -0.3 is 0 Å². The maximum atomic E-state index is 2.35. The largest absolute Gasteiger partial charge is 0.0654 e. The Balaban J connectivity index is 2.53. The van der Waals surface area contributed by atoms with E-state index in [0.29, 0.717) is 0 Å². The highest BCUT2D eigenvalue weighted by Crippen LogP contribution is 2.42. The Morgan fingerprint density at radius 1 is 0.647 bits per heavy atom. The van der Waals surface area contributed by atoms with E-state index in [1.807, 2.05) is 0 Å². The molecule has 0 N–H and O–H groups in total. The fourth-order valence-electron chi connectivity index (χ4n) is 3.56. The molecule has 1 aliphatic rings. The Labute approximate surface area is 110 Å². The van der Waals surface area contributed by atoms with E-state index < -0.39 is 0 Å². The van der Waals surface area contributed by atoms with Crippen LogP contribution in [0.3, 0.4) is 0 Å². The molecule has 0 saturated heterocycles. The van der Waals surface area contributed by atoms with Gasteiger partial charge in [0.15, 0.2) is 0 Å². The van der Waals surface area contributed by atoms with Crippen molar-refractivity contribution in [3.63, 3.8) is 0 Å². The first kappa shape index (κ1) is 15.1. The molecule has 0 atom stereocenters. The van der Waals surface area contributed by atoms with Crippen molar-refractivity contribution in [3.8, 4) is 0 Å². The van der Waals surface area contributed by atoms with Crippen molar-refractivity contribution < 1.29 is 0 Å². The van der Waals surface area contributed by atoms with Crippen molar-refractivity contribution in [3.05, 3.63) is 0 Å². The van der Waals surface area contributed by atoms with Crippen molar-refractivity contribution in [2.24, 2.45) is 5.41 Å². The van der Waals surface area contributed by atoms with Crippen LogP contribution in [-0.2, 0) is 0 Å². The van der Waals surface area contributed by atoms with Crippen LogP contribution in [0.1, 0.15) is 104 Å². The summed E-state index contributed by atoms with van der Waals surface area (Å²) >= 11 is 0. The minimum Gasteiger partial charge on any atom is -0.0654 e. The summed E-state index contributed by atoms with van der Waals surface area (Å²) in [6, 6.07) is 0.